The molecule has 5 heteroatoms. The lowest BCUT2D eigenvalue weighted by Gasteiger charge is -2.20. The molecule has 1 heterocycles. The maximum atomic E-state index is 10.0. The molecule has 3 N–H and O–H groups in total. The number of hydrogen-bond acceptors (Lipinski definition) is 5. The Morgan fingerprint density at radius 3 is 1.88 bits per heavy atom. The van der Waals surface area contributed by atoms with Crippen LogP contribution in [0.2, 0.25) is 0 Å². The van der Waals surface area contributed by atoms with E-state index in [1.54, 1.807) is 0 Å². The van der Waals surface area contributed by atoms with Gasteiger partial charge in [-0.05, 0) is 6.42 Å². The van der Waals surface area contributed by atoms with Crippen LogP contribution >= 0.6 is 0 Å². The molecule has 0 aliphatic carbocycles. The van der Waals surface area contributed by atoms with Gasteiger partial charge in [-0.15, -0.1) is 0 Å². The molecule has 0 amide bonds. The maximum Gasteiger partial charge on any atom is 0.114 e. The molecule has 4 atom stereocenters. The molecule has 1 aliphatic rings. The highest BCUT2D eigenvalue weighted by Gasteiger charge is 2.40. The second-order valence-corrected chi connectivity index (χ2v) is 7.69. The van der Waals surface area contributed by atoms with Gasteiger partial charge in [-0.25, -0.2) is 0 Å². The van der Waals surface area contributed by atoms with E-state index in [9.17, 15) is 10.2 Å². The van der Waals surface area contributed by atoms with Crippen LogP contribution in [0.1, 0.15) is 90.4 Å². The lowest BCUT2D eigenvalue weighted by Crippen LogP contribution is -2.41. The summed E-state index contributed by atoms with van der Waals surface area (Å²) < 4.78 is 11.0. The van der Waals surface area contributed by atoms with E-state index in [-0.39, 0.29) is 6.61 Å². The fourth-order valence-electron chi connectivity index (χ4n) is 3.56. The molecule has 0 spiro atoms. The first-order valence-corrected chi connectivity index (χ1v) is 10.9. The van der Waals surface area contributed by atoms with Gasteiger partial charge in [-0.1, -0.05) is 84.0 Å². The third kappa shape index (κ3) is 10.2. The van der Waals surface area contributed by atoms with Gasteiger partial charge in [0.05, 0.1) is 13.2 Å². The molecule has 26 heavy (non-hydrogen) atoms. The highest BCUT2D eigenvalue weighted by atomic mass is 16.6. The first-order valence-electron chi connectivity index (χ1n) is 10.9. The first-order chi connectivity index (χ1) is 12.7. The number of aliphatic hydroxyl groups excluding tert-OH is 3. The largest absolute Gasteiger partial charge is 0.394 e. The molecular formula is C21H42O5. The van der Waals surface area contributed by atoms with E-state index >= 15 is 0 Å². The van der Waals surface area contributed by atoms with Gasteiger partial charge in [-0.3, -0.25) is 0 Å². The summed E-state index contributed by atoms with van der Waals surface area (Å²) in [6, 6.07) is 0. The van der Waals surface area contributed by atoms with Crippen molar-refractivity contribution in [3.05, 3.63) is 0 Å². The summed E-state index contributed by atoms with van der Waals surface area (Å²) in [4.78, 5) is 0. The van der Waals surface area contributed by atoms with Crippen LogP contribution in [0, 0.1) is 0 Å². The molecule has 0 radical (unpaired) electrons. The van der Waals surface area contributed by atoms with E-state index in [1.807, 2.05) is 0 Å². The first kappa shape index (κ1) is 23.8. The Morgan fingerprint density at radius 2 is 1.38 bits per heavy atom. The number of ether oxygens (including phenoxy) is 2. The van der Waals surface area contributed by atoms with Crippen molar-refractivity contribution in [2.45, 2.75) is 115 Å². The summed E-state index contributed by atoms with van der Waals surface area (Å²) in [5.41, 5.74) is 0. The predicted molar refractivity (Wildman–Crippen MR) is 104 cm³/mol. The second-order valence-electron chi connectivity index (χ2n) is 7.69. The Morgan fingerprint density at radius 1 is 0.885 bits per heavy atom. The number of hydrogen-bond donors (Lipinski definition) is 3. The summed E-state index contributed by atoms with van der Waals surface area (Å²) in [5, 5.41) is 28.5. The molecule has 156 valence electrons. The summed E-state index contributed by atoms with van der Waals surface area (Å²) >= 11 is 0. The molecule has 0 saturated carbocycles. The van der Waals surface area contributed by atoms with Crippen LogP contribution in [0.5, 0.6) is 0 Å². The van der Waals surface area contributed by atoms with Crippen molar-refractivity contribution in [3.8, 4) is 0 Å². The highest BCUT2D eigenvalue weighted by molar-refractivity contribution is 4.88. The number of unbranched alkanes of at least 4 members (excludes halogenated alkanes) is 12. The number of rotatable bonds is 17. The summed E-state index contributed by atoms with van der Waals surface area (Å²) in [6.45, 7) is 2.75. The maximum absolute atomic E-state index is 10.0. The van der Waals surface area contributed by atoms with Crippen molar-refractivity contribution >= 4 is 0 Å². The quantitative estimate of drug-likeness (QED) is 0.339. The Kier molecular flexibility index (Phi) is 14.5. The van der Waals surface area contributed by atoms with Gasteiger partial charge < -0.3 is 24.8 Å². The topological polar surface area (TPSA) is 79.2 Å². The lowest BCUT2D eigenvalue weighted by atomic mass is 10.0. The van der Waals surface area contributed by atoms with Gasteiger partial charge in [-0.2, -0.15) is 0 Å². The third-order valence-electron chi connectivity index (χ3n) is 5.32. The molecule has 1 aliphatic heterocycles. The minimum atomic E-state index is -1.05. The summed E-state index contributed by atoms with van der Waals surface area (Å²) in [7, 11) is 0. The lowest BCUT2D eigenvalue weighted by molar-refractivity contribution is -0.0730. The average Bonchev–Trinajstić information content (AvgIpc) is 3.02. The second kappa shape index (κ2) is 15.8. The fraction of sp³-hybridized carbons (Fsp3) is 1.00. The van der Waals surface area contributed by atoms with Crippen LogP contribution in [0.15, 0.2) is 0 Å². The van der Waals surface area contributed by atoms with E-state index in [0.29, 0.717) is 6.61 Å². The molecular weight excluding hydrogens is 332 g/mol. The van der Waals surface area contributed by atoms with Crippen LogP contribution < -0.4 is 0 Å². The minimum Gasteiger partial charge on any atom is -0.394 e. The standard InChI is InChI=1S/C21H42O5/c1-2-3-4-5-6-7-8-9-10-11-12-13-14-15-25-19-17-26-21(20(19)24)18(23)16-22/h18-24H,2-17H2,1H3/t18-,19+,20+,21+/m0/s1. The van der Waals surface area contributed by atoms with Gasteiger partial charge >= 0.3 is 0 Å². The minimum absolute atomic E-state index is 0.279. The van der Waals surface area contributed by atoms with E-state index in [4.69, 9.17) is 14.6 Å². The molecule has 0 unspecified atom stereocenters. The molecule has 0 aromatic heterocycles. The SMILES string of the molecule is CCCCCCCCCCCCCCCO[C@@H]1CO[C@H]([C@@H](O)CO)[C@@H]1O. The Balaban J connectivity index is 1.84. The predicted octanol–water partition coefficient (Wildman–Crippen LogP) is 3.58. The summed E-state index contributed by atoms with van der Waals surface area (Å²) in [6.07, 6.45) is 14.1. The Hall–Kier alpha value is -0.200. The van der Waals surface area contributed by atoms with Gasteiger partial charge in [0.2, 0.25) is 0 Å². The van der Waals surface area contributed by atoms with Crippen LogP contribution in [0.3, 0.4) is 0 Å². The van der Waals surface area contributed by atoms with Crippen molar-refractivity contribution in [3.63, 3.8) is 0 Å². The van der Waals surface area contributed by atoms with Gasteiger partial charge in [0.25, 0.3) is 0 Å². The van der Waals surface area contributed by atoms with Crippen LogP contribution in [0.4, 0.5) is 0 Å². The molecule has 1 fully saturated rings. The van der Waals surface area contributed by atoms with Crippen molar-refractivity contribution in [2.24, 2.45) is 0 Å². The van der Waals surface area contributed by atoms with Crippen LogP contribution in [-0.2, 0) is 9.47 Å². The average molecular weight is 375 g/mol. The van der Waals surface area contributed by atoms with E-state index in [0.717, 1.165) is 12.8 Å². The van der Waals surface area contributed by atoms with Crippen LogP contribution in [-0.4, -0.2) is 59.6 Å². The third-order valence-corrected chi connectivity index (χ3v) is 5.32. The van der Waals surface area contributed by atoms with Crippen molar-refractivity contribution in [1.29, 1.82) is 0 Å². The van der Waals surface area contributed by atoms with E-state index < -0.39 is 31.0 Å². The highest BCUT2D eigenvalue weighted by Crippen LogP contribution is 2.20. The molecule has 0 aromatic carbocycles. The molecule has 0 bridgehead atoms. The molecule has 1 saturated heterocycles. The van der Waals surface area contributed by atoms with Gasteiger partial charge in [0.15, 0.2) is 0 Å². The van der Waals surface area contributed by atoms with Crippen molar-refractivity contribution in [2.75, 3.05) is 19.8 Å². The van der Waals surface area contributed by atoms with Gasteiger partial charge in [0, 0.05) is 6.61 Å². The molecule has 0 aromatic rings. The Bertz CT molecular complexity index is 313. The van der Waals surface area contributed by atoms with Gasteiger partial charge in [0.1, 0.15) is 24.4 Å². The van der Waals surface area contributed by atoms with E-state index in [2.05, 4.69) is 6.92 Å². The van der Waals surface area contributed by atoms with Crippen LogP contribution in [0.25, 0.3) is 0 Å². The zero-order valence-electron chi connectivity index (χ0n) is 16.8. The van der Waals surface area contributed by atoms with Crippen molar-refractivity contribution in [1.82, 2.24) is 0 Å². The zero-order valence-corrected chi connectivity index (χ0v) is 16.8. The normalized spacial score (nSPS) is 24.2. The molecule has 1 rings (SSSR count). The van der Waals surface area contributed by atoms with E-state index in [1.165, 1.54) is 70.6 Å². The zero-order chi connectivity index (χ0) is 19.0. The number of aliphatic hydroxyl groups is 3. The fourth-order valence-corrected chi connectivity index (χ4v) is 3.56. The Labute approximate surface area is 160 Å². The monoisotopic (exact) mass is 374 g/mol. The van der Waals surface area contributed by atoms with Crippen molar-refractivity contribution < 1.29 is 24.8 Å². The molecule has 5 nitrogen and oxygen atoms in total. The smallest absolute Gasteiger partial charge is 0.114 e. The summed E-state index contributed by atoms with van der Waals surface area (Å²) in [5.74, 6) is 0.